The largest absolute Gasteiger partial charge is 0.480 e. The molecule has 0 aliphatic rings. The molecule has 24 heavy (non-hydrogen) atoms. The van der Waals surface area contributed by atoms with Crippen molar-refractivity contribution in [2.24, 2.45) is 0 Å². The summed E-state index contributed by atoms with van der Waals surface area (Å²) in [6.07, 6.45) is 7.12. The van der Waals surface area contributed by atoms with Gasteiger partial charge in [-0.05, 0) is 38.3 Å². The highest BCUT2D eigenvalue weighted by Crippen LogP contribution is 2.40. The van der Waals surface area contributed by atoms with Crippen molar-refractivity contribution in [2.45, 2.75) is 30.4 Å². The maximum Gasteiger partial charge on any atom is 0.319 e. The van der Waals surface area contributed by atoms with E-state index in [0.29, 0.717) is 0 Å². The van der Waals surface area contributed by atoms with Gasteiger partial charge in [0.25, 0.3) is 0 Å². The van der Waals surface area contributed by atoms with E-state index in [-0.39, 0.29) is 0 Å². The monoisotopic (exact) mass is 338 g/mol. The fourth-order valence-electron chi connectivity index (χ4n) is 2.50. The molecule has 0 unspecified atom stereocenters. The van der Waals surface area contributed by atoms with E-state index in [4.69, 9.17) is 0 Å². The second kappa shape index (κ2) is 6.24. The van der Waals surface area contributed by atoms with E-state index >= 15 is 0 Å². The summed E-state index contributed by atoms with van der Waals surface area (Å²) >= 11 is 1.32. The molecule has 3 rings (SSSR count). The molecule has 0 fully saturated rings. The number of hydrogen-bond acceptors (Lipinski definition) is 4. The van der Waals surface area contributed by atoms with E-state index < -0.39 is 10.7 Å². The number of carboxylic acid groups (broad SMARTS) is 1. The van der Waals surface area contributed by atoms with Gasteiger partial charge in [0, 0.05) is 46.2 Å². The van der Waals surface area contributed by atoms with Crippen molar-refractivity contribution >= 4 is 28.5 Å². The molecule has 0 atom stereocenters. The lowest BCUT2D eigenvalue weighted by Crippen LogP contribution is -2.27. The minimum atomic E-state index is -0.926. The molecule has 0 aliphatic carbocycles. The minimum Gasteiger partial charge on any atom is -0.480 e. The van der Waals surface area contributed by atoms with Crippen molar-refractivity contribution in [2.75, 3.05) is 0 Å². The Morgan fingerprint density at radius 2 is 1.83 bits per heavy atom. The van der Waals surface area contributed by atoms with E-state index in [9.17, 15) is 9.90 Å². The normalized spacial score (nSPS) is 11.6. The molecule has 5 heteroatoms. The Balaban J connectivity index is 2.16. The summed E-state index contributed by atoms with van der Waals surface area (Å²) in [4.78, 5) is 20.9. The van der Waals surface area contributed by atoms with E-state index in [1.165, 1.54) is 17.3 Å². The Morgan fingerprint density at radius 3 is 2.58 bits per heavy atom. The van der Waals surface area contributed by atoms with Gasteiger partial charge in [0.2, 0.25) is 0 Å². The first-order chi connectivity index (χ1) is 11.4. The van der Waals surface area contributed by atoms with Gasteiger partial charge < -0.3 is 5.11 Å². The molecular weight excluding hydrogens is 320 g/mol. The highest BCUT2D eigenvalue weighted by atomic mass is 32.2. The average molecular weight is 338 g/mol. The zero-order valence-corrected chi connectivity index (χ0v) is 14.6. The van der Waals surface area contributed by atoms with Gasteiger partial charge >= 0.3 is 5.97 Å². The van der Waals surface area contributed by atoms with Gasteiger partial charge in [0.1, 0.15) is 4.75 Å². The number of thioether (sulfide) groups is 1. The molecule has 2 aromatic heterocycles. The van der Waals surface area contributed by atoms with Crippen molar-refractivity contribution in [1.82, 2.24) is 9.97 Å². The van der Waals surface area contributed by atoms with Crippen molar-refractivity contribution in [3.05, 3.63) is 54.6 Å². The quantitative estimate of drug-likeness (QED) is 0.707. The van der Waals surface area contributed by atoms with Gasteiger partial charge in [-0.2, -0.15) is 0 Å². The summed E-state index contributed by atoms with van der Waals surface area (Å²) in [5.74, 6) is -0.845. The van der Waals surface area contributed by atoms with Crippen LogP contribution in [0.2, 0.25) is 0 Å². The topological polar surface area (TPSA) is 63.1 Å². The molecular formula is C19H18N2O2S. The fourth-order valence-corrected chi connectivity index (χ4v) is 3.54. The number of aryl methyl sites for hydroxylation is 1. The first-order valence-corrected chi connectivity index (χ1v) is 8.41. The number of fused-ring (bicyclic) bond motifs is 1. The first kappa shape index (κ1) is 16.5. The summed E-state index contributed by atoms with van der Waals surface area (Å²) in [5, 5.41) is 11.6. The predicted octanol–water partition coefficient (Wildman–Crippen LogP) is 4.56. The highest BCUT2D eigenvalue weighted by Gasteiger charge is 2.29. The first-order valence-electron chi connectivity index (χ1n) is 7.59. The van der Waals surface area contributed by atoms with Crippen LogP contribution in [-0.4, -0.2) is 25.8 Å². The van der Waals surface area contributed by atoms with Crippen LogP contribution in [0.3, 0.4) is 0 Å². The van der Waals surface area contributed by atoms with Gasteiger partial charge in [0.05, 0.1) is 0 Å². The van der Waals surface area contributed by atoms with Crippen LogP contribution in [0.4, 0.5) is 0 Å². The number of aromatic nitrogens is 2. The summed E-state index contributed by atoms with van der Waals surface area (Å²) in [5.41, 5.74) is 3.04. The molecule has 0 bridgehead atoms. The average Bonchev–Trinajstić information content (AvgIpc) is 2.54. The second-order valence-corrected chi connectivity index (χ2v) is 7.87. The minimum absolute atomic E-state index is 0.845. The second-order valence-electron chi connectivity index (χ2n) is 6.20. The number of pyridine rings is 2. The van der Waals surface area contributed by atoms with Crippen molar-refractivity contribution in [3.63, 3.8) is 0 Å². The lowest BCUT2D eigenvalue weighted by atomic mass is 10.0. The summed E-state index contributed by atoms with van der Waals surface area (Å²) in [7, 11) is 0. The molecule has 0 spiro atoms. The molecule has 4 nitrogen and oxygen atoms in total. The Kier molecular flexibility index (Phi) is 4.28. The van der Waals surface area contributed by atoms with E-state index in [1.54, 1.807) is 26.2 Å². The number of aliphatic carboxylic acids is 1. The highest BCUT2D eigenvalue weighted by molar-refractivity contribution is 8.01. The molecule has 0 radical (unpaired) electrons. The molecule has 1 aromatic carbocycles. The zero-order chi connectivity index (χ0) is 17.3. The van der Waals surface area contributed by atoms with Gasteiger partial charge in [-0.25, -0.2) is 0 Å². The summed E-state index contributed by atoms with van der Waals surface area (Å²) in [6.45, 7) is 5.46. The standard InChI is InChI=1S/C19H18N2O2S/c1-12-4-5-14-13(8-12)9-21-10-15(14)16-11-20-7-6-17(16)24-19(2,3)18(22)23/h4-11H,1-3H3,(H,22,23). The third kappa shape index (κ3) is 3.12. The van der Waals surface area contributed by atoms with Crippen LogP contribution in [0.1, 0.15) is 19.4 Å². The van der Waals surface area contributed by atoms with Gasteiger partial charge in [-0.15, -0.1) is 11.8 Å². The Morgan fingerprint density at radius 1 is 1.08 bits per heavy atom. The van der Waals surface area contributed by atoms with Crippen molar-refractivity contribution < 1.29 is 9.90 Å². The lowest BCUT2D eigenvalue weighted by Gasteiger charge is -2.20. The zero-order valence-electron chi connectivity index (χ0n) is 13.8. The fraction of sp³-hybridized carbons (Fsp3) is 0.211. The maximum atomic E-state index is 11.5. The Labute approximate surface area is 145 Å². The Hall–Kier alpha value is -2.40. The third-order valence-corrected chi connectivity index (χ3v) is 5.13. The Bertz CT molecular complexity index is 922. The van der Waals surface area contributed by atoms with Crippen LogP contribution in [0, 0.1) is 6.92 Å². The molecule has 0 amide bonds. The molecule has 0 aliphatic heterocycles. The van der Waals surface area contributed by atoms with Crippen LogP contribution in [0.15, 0.2) is 53.9 Å². The van der Waals surface area contributed by atoms with E-state index in [0.717, 1.165) is 26.8 Å². The van der Waals surface area contributed by atoms with Crippen LogP contribution in [-0.2, 0) is 4.79 Å². The molecule has 122 valence electrons. The molecule has 1 N–H and O–H groups in total. The molecule has 0 saturated heterocycles. The van der Waals surface area contributed by atoms with Crippen LogP contribution >= 0.6 is 11.8 Å². The van der Waals surface area contributed by atoms with Crippen LogP contribution in [0.25, 0.3) is 21.9 Å². The summed E-state index contributed by atoms with van der Waals surface area (Å²) in [6, 6.07) is 8.09. The van der Waals surface area contributed by atoms with Gasteiger partial charge in [0.15, 0.2) is 0 Å². The molecule has 3 aromatic rings. The van der Waals surface area contributed by atoms with Crippen molar-refractivity contribution in [1.29, 1.82) is 0 Å². The smallest absolute Gasteiger partial charge is 0.319 e. The number of carbonyl (C=O) groups is 1. The number of carboxylic acids is 1. The van der Waals surface area contributed by atoms with E-state index in [2.05, 4.69) is 28.2 Å². The molecule has 0 saturated carbocycles. The third-order valence-electron chi connectivity index (χ3n) is 3.87. The predicted molar refractivity (Wildman–Crippen MR) is 97.3 cm³/mol. The van der Waals surface area contributed by atoms with Crippen molar-refractivity contribution in [3.8, 4) is 11.1 Å². The maximum absolute atomic E-state index is 11.5. The lowest BCUT2D eigenvalue weighted by molar-refractivity contribution is -0.138. The summed E-state index contributed by atoms with van der Waals surface area (Å²) < 4.78 is -0.926. The van der Waals surface area contributed by atoms with E-state index in [1.807, 2.05) is 25.4 Å². The number of nitrogens with zero attached hydrogens (tertiary/aromatic N) is 2. The number of benzene rings is 1. The number of hydrogen-bond donors (Lipinski definition) is 1. The van der Waals surface area contributed by atoms with Crippen LogP contribution < -0.4 is 0 Å². The SMILES string of the molecule is Cc1ccc2c(-c3cnccc3SC(C)(C)C(=O)O)cncc2c1. The van der Waals surface area contributed by atoms with Crippen LogP contribution in [0.5, 0.6) is 0 Å². The molecule has 2 heterocycles. The van der Waals surface area contributed by atoms with Gasteiger partial charge in [-0.3, -0.25) is 14.8 Å². The van der Waals surface area contributed by atoms with Gasteiger partial charge in [-0.1, -0.05) is 17.7 Å². The number of rotatable bonds is 4.